The van der Waals surface area contributed by atoms with Crippen LogP contribution in [-0.4, -0.2) is 49.5 Å². The number of aliphatic imine (C=N–C) groups is 1. The zero-order chi connectivity index (χ0) is 29.1. The van der Waals surface area contributed by atoms with Gasteiger partial charge in [-0.3, -0.25) is 4.79 Å². The van der Waals surface area contributed by atoms with Crippen LogP contribution in [0.2, 0.25) is 0 Å². The van der Waals surface area contributed by atoms with Crippen LogP contribution < -0.4 is 5.73 Å². The Hall–Kier alpha value is -4.24. The Kier molecular flexibility index (Phi) is 8.35. The minimum absolute atomic E-state index is 0.0341. The summed E-state index contributed by atoms with van der Waals surface area (Å²) in [5.74, 6) is 1.16. The normalized spacial score (nSPS) is 12.9. The number of nitrogens with zero attached hydrogens (tertiary/aromatic N) is 6. The van der Waals surface area contributed by atoms with Crippen molar-refractivity contribution in [3.8, 4) is 11.1 Å². The van der Waals surface area contributed by atoms with Crippen LogP contribution in [0.3, 0.4) is 0 Å². The van der Waals surface area contributed by atoms with E-state index < -0.39 is 0 Å². The molecule has 2 aromatic heterocycles. The van der Waals surface area contributed by atoms with Crippen molar-refractivity contribution in [2.24, 2.45) is 10.7 Å². The second kappa shape index (κ2) is 12.1. The molecule has 9 heteroatoms. The highest BCUT2D eigenvalue weighted by atomic mass is 32.1. The fraction of sp³-hybridized carbons (Fsp3) is 0.312. The van der Waals surface area contributed by atoms with E-state index in [9.17, 15) is 4.79 Å². The molecule has 0 saturated heterocycles. The maximum atomic E-state index is 13.3. The monoisotopic (exact) mass is 565 g/mol. The largest absolute Gasteiger partial charge is 0.387 e. The van der Waals surface area contributed by atoms with E-state index in [2.05, 4.69) is 46.0 Å². The molecular formula is C32H35N7OS. The second-order valence-corrected chi connectivity index (χ2v) is 10.9. The summed E-state index contributed by atoms with van der Waals surface area (Å²) in [7, 11) is 0. The number of hydrogen-bond acceptors (Lipinski definition) is 7. The number of benzene rings is 2. The van der Waals surface area contributed by atoms with Crippen LogP contribution in [0.4, 0.5) is 5.69 Å². The number of hydrogen-bond donors (Lipinski definition) is 1. The van der Waals surface area contributed by atoms with Gasteiger partial charge in [-0.05, 0) is 62.1 Å². The second-order valence-electron chi connectivity index (χ2n) is 10.5. The lowest BCUT2D eigenvalue weighted by atomic mass is 9.99. The fourth-order valence-corrected chi connectivity index (χ4v) is 5.55. The van der Waals surface area contributed by atoms with Gasteiger partial charge in [0.25, 0.3) is 0 Å². The minimum atomic E-state index is 0.0341. The van der Waals surface area contributed by atoms with Crippen molar-refractivity contribution in [1.29, 1.82) is 0 Å². The molecule has 210 valence electrons. The number of rotatable bonds is 8. The minimum Gasteiger partial charge on any atom is -0.387 e. The van der Waals surface area contributed by atoms with E-state index in [-0.39, 0.29) is 5.91 Å². The standard InChI is InChI=1S/C32H35N7OS/c1-5-11-38(12-6-2)31(40)25-15-24-8-7-23(16-28(24)37-29(33)17-25)22-9-10-27-26(14-22)18-34-39(32(27)41)19-30-35-20(3)13-21(4)36-30/h7-10,13-16,18H,5-6,11-12,17,19H2,1-4H3,(H2,33,37). The fourth-order valence-electron chi connectivity index (χ4n) is 5.25. The number of aromatic nitrogens is 4. The Bertz CT molecular complexity index is 1730. The van der Waals surface area contributed by atoms with Crippen molar-refractivity contribution in [3.05, 3.63) is 81.7 Å². The molecule has 0 radical (unpaired) electrons. The van der Waals surface area contributed by atoms with Crippen LogP contribution >= 0.6 is 12.2 Å². The molecule has 0 atom stereocenters. The van der Waals surface area contributed by atoms with Gasteiger partial charge < -0.3 is 10.6 Å². The first-order valence-corrected chi connectivity index (χ1v) is 14.4. The molecule has 0 bridgehead atoms. The Morgan fingerprint density at radius 2 is 1.68 bits per heavy atom. The summed E-state index contributed by atoms with van der Waals surface area (Å²) >= 11 is 5.79. The summed E-state index contributed by atoms with van der Waals surface area (Å²) in [5.41, 5.74) is 12.5. The molecule has 8 nitrogen and oxygen atoms in total. The number of carbonyl (C=O) groups is 1. The van der Waals surface area contributed by atoms with E-state index in [0.717, 1.165) is 70.5 Å². The predicted octanol–water partition coefficient (Wildman–Crippen LogP) is 6.31. The number of fused-ring (bicyclic) bond motifs is 2. The molecule has 41 heavy (non-hydrogen) atoms. The van der Waals surface area contributed by atoms with Crippen molar-refractivity contribution >= 4 is 46.5 Å². The van der Waals surface area contributed by atoms with E-state index in [0.29, 0.717) is 34.8 Å². The van der Waals surface area contributed by atoms with Crippen LogP contribution in [0.5, 0.6) is 0 Å². The van der Waals surface area contributed by atoms with Crippen molar-refractivity contribution in [3.63, 3.8) is 0 Å². The molecule has 3 heterocycles. The van der Waals surface area contributed by atoms with Crippen LogP contribution in [0.25, 0.3) is 28.0 Å². The van der Waals surface area contributed by atoms with Gasteiger partial charge in [-0.25, -0.2) is 19.6 Å². The molecule has 4 aromatic rings. The maximum Gasteiger partial charge on any atom is 0.250 e. The molecule has 1 amide bonds. The smallest absolute Gasteiger partial charge is 0.250 e. The quantitative estimate of drug-likeness (QED) is 0.251. The summed E-state index contributed by atoms with van der Waals surface area (Å²) in [6, 6.07) is 14.2. The van der Waals surface area contributed by atoms with Crippen molar-refractivity contribution in [2.45, 2.75) is 53.5 Å². The molecule has 0 fully saturated rings. The third-order valence-electron chi connectivity index (χ3n) is 7.05. The van der Waals surface area contributed by atoms with E-state index in [1.165, 1.54) is 0 Å². The molecule has 1 aliphatic rings. The average molecular weight is 566 g/mol. The van der Waals surface area contributed by atoms with E-state index >= 15 is 0 Å². The Balaban J connectivity index is 1.45. The SMILES string of the molecule is CCCN(CCC)C(=O)C1=Cc2ccc(-c3ccc4c(=S)n(Cc5nc(C)cc(C)n5)ncc4c3)cc2N=C(N)C1. The molecule has 0 unspecified atom stereocenters. The molecule has 0 spiro atoms. The highest BCUT2D eigenvalue weighted by molar-refractivity contribution is 7.71. The highest BCUT2D eigenvalue weighted by Crippen LogP contribution is 2.33. The third kappa shape index (κ3) is 6.25. The third-order valence-corrected chi connectivity index (χ3v) is 7.48. The van der Waals surface area contributed by atoms with Gasteiger partial charge in [-0.15, -0.1) is 0 Å². The predicted molar refractivity (Wildman–Crippen MR) is 168 cm³/mol. The average Bonchev–Trinajstić information content (AvgIpc) is 3.10. The molecule has 2 N–H and O–H groups in total. The van der Waals surface area contributed by atoms with Crippen LogP contribution in [0.15, 0.2) is 59.2 Å². The summed E-state index contributed by atoms with van der Waals surface area (Å²) in [4.78, 5) is 28.9. The van der Waals surface area contributed by atoms with Gasteiger partial charge in [-0.1, -0.05) is 50.3 Å². The van der Waals surface area contributed by atoms with Crippen LogP contribution in [-0.2, 0) is 11.3 Å². The topological polar surface area (TPSA) is 102 Å². The maximum absolute atomic E-state index is 13.3. The molecule has 0 saturated carbocycles. The zero-order valence-corrected chi connectivity index (χ0v) is 24.8. The molecule has 1 aliphatic heterocycles. The van der Waals surface area contributed by atoms with Crippen molar-refractivity contribution in [2.75, 3.05) is 13.1 Å². The summed E-state index contributed by atoms with van der Waals surface area (Å²) in [6.45, 7) is 9.96. The van der Waals surface area contributed by atoms with E-state index in [1.807, 2.05) is 61.4 Å². The number of nitrogens with two attached hydrogens (primary N) is 1. The first-order chi connectivity index (χ1) is 19.7. The van der Waals surface area contributed by atoms with Crippen molar-refractivity contribution in [1.82, 2.24) is 24.6 Å². The molecule has 0 aliphatic carbocycles. The Morgan fingerprint density at radius 1 is 1.00 bits per heavy atom. The van der Waals surface area contributed by atoms with Gasteiger partial charge in [0.05, 0.1) is 11.9 Å². The summed E-state index contributed by atoms with van der Waals surface area (Å²) in [6.07, 6.45) is 5.93. The highest BCUT2D eigenvalue weighted by Gasteiger charge is 2.21. The Labute approximate surface area is 245 Å². The van der Waals surface area contributed by atoms with Gasteiger partial charge in [0.2, 0.25) is 5.91 Å². The van der Waals surface area contributed by atoms with E-state index in [4.69, 9.17) is 18.0 Å². The van der Waals surface area contributed by atoms with Gasteiger partial charge in [0.1, 0.15) is 22.8 Å². The van der Waals surface area contributed by atoms with E-state index in [1.54, 1.807) is 4.68 Å². The van der Waals surface area contributed by atoms with Gasteiger partial charge in [0, 0.05) is 52.8 Å². The summed E-state index contributed by atoms with van der Waals surface area (Å²) < 4.78 is 2.40. The number of aryl methyl sites for hydroxylation is 2. The lowest BCUT2D eigenvalue weighted by Crippen LogP contribution is -2.34. The number of amides is 1. The van der Waals surface area contributed by atoms with Gasteiger partial charge in [-0.2, -0.15) is 5.10 Å². The lowest BCUT2D eigenvalue weighted by Gasteiger charge is -2.22. The first-order valence-electron chi connectivity index (χ1n) is 14.0. The van der Waals surface area contributed by atoms with Crippen LogP contribution in [0.1, 0.15) is 55.9 Å². The van der Waals surface area contributed by atoms with Crippen molar-refractivity contribution < 1.29 is 4.79 Å². The van der Waals surface area contributed by atoms with Gasteiger partial charge >= 0.3 is 0 Å². The lowest BCUT2D eigenvalue weighted by molar-refractivity contribution is -0.127. The number of amidine groups is 1. The molecule has 2 aromatic carbocycles. The van der Waals surface area contributed by atoms with Gasteiger partial charge in [0.15, 0.2) is 0 Å². The molecule has 5 rings (SSSR count). The zero-order valence-electron chi connectivity index (χ0n) is 24.0. The first kappa shape index (κ1) is 28.3. The summed E-state index contributed by atoms with van der Waals surface area (Å²) in [5, 5.41) is 6.49. The van der Waals surface area contributed by atoms with Crippen LogP contribution in [0, 0.1) is 18.5 Å². The number of carbonyl (C=O) groups excluding carboxylic acids is 1. The Morgan fingerprint density at radius 3 is 2.39 bits per heavy atom. The molecular weight excluding hydrogens is 530 g/mol.